The van der Waals surface area contributed by atoms with Crippen LogP contribution in [0.25, 0.3) is 10.8 Å². The van der Waals surface area contributed by atoms with E-state index in [1.807, 2.05) is 0 Å². The number of carbonyl (C=O) groups is 1. The summed E-state index contributed by atoms with van der Waals surface area (Å²) in [6.07, 6.45) is 2.90. The van der Waals surface area contributed by atoms with E-state index in [0.29, 0.717) is 17.3 Å². The highest BCUT2D eigenvalue weighted by Crippen LogP contribution is 2.13. The first-order chi connectivity index (χ1) is 10.7. The van der Waals surface area contributed by atoms with Crippen molar-refractivity contribution in [2.45, 2.75) is 32.7 Å². The highest BCUT2D eigenvalue weighted by Gasteiger charge is 2.15. The Bertz CT molecular complexity index is 709. The van der Waals surface area contributed by atoms with E-state index in [4.69, 9.17) is 5.11 Å². The Hall–Kier alpha value is -2.21. The lowest BCUT2D eigenvalue weighted by molar-refractivity contribution is 0.0939. The Morgan fingerprint density at radius 1 is 1.27 bits per heavy atom. The van der Waals surface area contributed by atoms with Gasteiger partial charge in [-0.15, -0.1) is 0 Å². The number of aliphatic hydroxyl groups excluding tert-OH is 1. The largest absolute Gasteiger partial charge is 0.395 e. The number of aromatic nitrogens is 2. The quantitative estimate of drug-likeness (QED) is 0.755. The third kappa shape index (κ3) is 3.51. The van der Waals surface area contributed by atoms with Gasteiger partial charge < -0.3 is 10.4 Å². The fourth-order valence-corrected chi connectivity index (χ4v) is 2.32. The predicted octanol–water partition coefficient (Wildman–Crippen LogP) is 1.31. The molecular weight excluding hydrogens is 282 g/mol. The standard InChI is InChI=1S/C16H21N3O3/c1-2-3-6-10-19-16(22)13-8-5-4-7-12(13)14(18-19)15(21)17-9-11-20/h4-5,7-8,20H,2-3,6,9-11H2,1H3,(H,17,21). The number of hydrogen-bond acceptors (Lipinski definition) is 4. The van der Waals surface area contributed by atoms with E-state index in [2.05, 4.69) is 17.3 Å². The van der Waals surface area contributed by atoms with E-state index in [9.17, 15) is 9.59 Å². The van der Waals surface area contributed by atoms with Crippen molar-refractivity contribution < 1.29 is 9.90 Å². The van der Waals surface area contributed by atoms with Gasteiger partial charge >= 0.3 is 0 Å². The Kier molecular flexibility index (Phi) is 5.66. The van der Waals surface area contributed by atoms with Crippen molar-refractivity contribution in [3.05, 3.63) is 40.3 Å². The maximum atomic E-state index is 12.4. The molecule has 0 spiro atoms. The van der Waals surface area contributed by atoms with Crippen molar-refractivity contribution in [3.63, 3.8) is 0 Å². The number of unbranched alkanes of at least 4 members (excludes halogenated alkanes) is 2. The number of nitrogens with one attached hydrogen (secondary N) is 1. The zero-order valence-corrected chi connectivity index (χ0v) is 12.7. The van der Waals surface area contributed by atoms with Gasteiger partial charge in [0.15, 0.2) is 5.69 Å². The lowest BCUT2D eigenvalue weighted by Crippen LogP contribution is -2.32. The summed E-state index contributed by atoms with van der Waals surface area (Å²) in [6, 6.07) is 6.97. The molecule has 0 saturated heterocycles. The summed E-state index contributed by atoms with van der Waals surface area (Å²) in [7, 11) is 0. The van der Waals surface area contributed by atoms with Gasteiger partial charge in [-0.25, -0.2) is 4.68 Å². The zero-order chi connectivity index (χ0) is 15.9. The molecule has 1 amide bonds. The number of amides is 1. The van der Waals surface area contributed by atoms with Crippen LogP contribution in [0.1, 0.15) is 36.7 Å². The van der Waals surface area contributed by atoms with Crippen LogP contribution < -0.4 is 10.9 Å². The molecule has 0 saturated carbocycles. The summed E-state index contributed by atoms with van der Waals surface area (Å²) in [5.41, 5.74) is 0.0468. The lowest BCUT2D eigenvalue weighted by atomic mass is 10.1. The van der Waals surface area contributed by atoms with E-state index in [0.717, 1.165) is 19.3 Å². The SMILES string of the molecule is CCCCCn1nc(C(=O)NCCO)c2ccccc2c1=O. The number of rotatable bonds is 7. The van der Waals surface area contributed by atoms with Crippen LogP contribution in [0.2, 0.25) is 0 Å². The van der Waals surface area contributed by atoms with Crippen LogP contribution in [0.4, 0.5) is 0 Å². The molecule has 1 heterocycles. The average molecular weight is 303 g/mol. The highest BCUT2D eigenvalue weighted by atomic mass is 16.3. The third-order valence-electron chi connectivity index (χ3n) is 3.45. The molecule has 0 atom stereocenters. The second-order valence-electron chi connectivity index (χ2n) is 5.11. The van der Waals surface area contributed by atoms with Gasteiger partial charge in [0, 0.05) is 18.5 Å². The molecule has 22 heavy (non-hydrogen) atoms. The first-order valence-electron chi connectivity index (χ1n) is 7.58. The summed E-state index contributed by atoms with van der Waals surface area (Å²) < 4.78 is 1.37. The second-order valence-corrected chi connectivity index (χ2v) is 5.11. The van der Waals surface area contributed by atoms with Crippen molar-refractivity contribution in [1.82, 2.24) is 15.1 Å². The third-order valence-corrected chi connectivity index (χ3v) is 3.45. The summed E-state index contributed by atoms with van der Waals surface area (Å²) in [5, 5.41) is 16.7. The Labute approximate surface area is 128 Å². The molecule has 118 valence electrons. The first-order valence-corrected chi connectivity index (χ1v) is 7.58. The van der Waals surface area contributed by atoms with Crippen LogP contribution in [0.3, 0.4) is 0 Å². The number of nitrogens with zero attached hydrogens (tertiary/aromatic N) is 2. The van der Waals surface area contributed by atoms with Crippen LogP contribution >= 0.6 is 0 Å². The van der Waals surface area contributed by atoms with Crippen molar-refractivity contribution in [2.75, 3.05) is 13.2 Å². The summed E-state index contributed by atoms with van der Waals surface area (Å²) in [6.45, 7) is 2.60. The molecular formula is C16H21N3O3. The van der Waals surface area contributed by atoms with E-state index < -0.39 is 0 Å². The van der Waals surface area contributed by atoms with Gasteiger partial charge in [-0.05, 0) is 12.5 Å². The van der Waals surface area contributed by atoms with Gasteiger partial charge in [0.05, 0.1) is 12.0 Å². The maximum absolute atomic E-state index is 12.4. The Morgan fingerprint density at radius 2 is 2.00 bits per heavy atom. The van der Waals surface area contributed by atoms with Crippen LogP contribution in [0.15, 0.2) is 29.1 Å². The zero-order valence-electron chi connectivity index (χ0n) is 12.7. The maximum Gasteiger partial charge on any atom is 0.274 e. The van der Waals surface area contributed by atoms with Gasteiger partial charge in [-0.3, -0.25) is 9.59 Å². The summed E-state index contributed by atoms with van der Waals surface area (Å²) in [4.78, 5) is 24.7. The molecule has 1 aromatic carbocycles. The van der Waals surface area contributed by atoms with Crippen LogP contribution in [-0.4, -0.2) is 33.9 Å². The molecule has 2 rings (SSSR count). The smallest absolute Gasteiger partial charge is 0.274 e. The monoisotopic (exact) mass is 303 g/mol. The van der Waals surface area contributed by atoms with Crippen molar-refractivity contribution in [2.24, 2.45) is 0 Å². The molecule has 0 aliphatic rings. The first kappa shape index (κ1) is 16.2. The second kappa shape index (κ2) is 7.70. The van der Waals surface area contributed by atoms with Gasteiger partial charge in [0.2, 0.25) is 0 Å². The molecule has 0 aliphatic heterocycles. The lowest BCUT2D eigenvalue weighted by Gasteiger charge is -2.10. The minimum Gasteiger partial charge on any atom is -0.395 e. The van der Waals surface area contributed by atoms with Crippen molar-refractivity contribution in [1.29, 1.82) is 0 Å². The predicted molar refractivity (Wildman–Crippen MR) is 84.9 cm³/mol. The van der Waals surface area contributed by atoms with Crippen molar-refractivity contribution in [3.8, 4) is 0 Å². The average Bonchev–Trinajstić information content (AvgIpc) is 2.55. The van der Waals surface area contributed by atoms with Crippen LogP contribution in [-0.2, 0) is 6.54 Å². The van der Waals surface area contributed by atoms with E-state index in [-0.39, 0.29) is 30.3 Å². The summed E-state index contributed by atoms with van der Waals surface area (Å²) >= 11 is 0. The molecule has 6 nitrogen and oxygen atoms in total. The van der Waals surface area contributed by atoms with E-state index in [1.54, 1.807) is 24.3 Å². The number of aliphatic hydroxyl groups is 1. The van der Waals surface area contributed by atoms with Gasteiger partial charge in [0.25, 0.3) is 11.5 Å². The molecule has 0 aliphatic carbocycles. The number of aryl methyl sites for hydroxylation is 1. The molecule has 2 aromatic rings. The fraction of sp³-hybridized carbons (Fsp3) is 0.438. The van der Waals surface area contributed by atoms with Crippen molar-refractivity contribution >= 4 is 16.7 Å². The fourth-order valence-electron chi connectivity index (χ4n) is 2.32. The van der Waals surface area contributed by atoms with Crippen LogP contribution in [0, 0.1) is 0 Å². The molecule has 0 radical (unpaired) electrons. The Balaban J connectivity index is 2.46. The Morgan fingerprint density at radius 3 is 2.68 bits per heavy atom. The van der Waals surface area contributed by atoms with E-state index >= 15 is 0 Å². The topological polar surface area (TPSA) is 84.2 Å². The molecule has 6 heteroatoms. The number of fused-ring (bicyclic) bond motifs is 1. The van der Waals surface area contributed by atoms with Gasteiger partial charge in [0.1, 0.15) is 0 Å². The number of carbonyl (C=O) groups excluding carboxylic acids is 1. The van der Waals surface area contributed by atoms with Gasteiger partial charge in [-0.2, -0.15) is 5.10 Å². The van der Waals surface area contributed by atoms with Gasteiger partial charge in [-0.1, -0.05) is 38.0 Å². The number of hydrogen-bond donors (Lipinski definition) is 2. The minimum absolute atomic E-state index is 0.139. The van der Waals surface area contributed by atoms with E-state index in [1.165, 1.54) is 4.68 Å². The summed E-state index contributed by atoms with van der Waals surface area (Å²) in [5.74, 6) is -0.380. The normalized spacial score (nSPS) is 10.8. The molecule has 0 bridgehead atoms. The highest BCUT2D eigenvalue weighted by molar-refractivity contribution is 6.04. The molecule has 0 unspecified atom stereocenters. The minimum atomic E-state index is -0.380. The molecule has 1 aromatic heterocycles. The molecule has 2 N–H and O–H groups in total. The number of benzene rings is 1. The van der Waals surface area contributed by atoms with Crippen LogP contribution in [0.5, 0.6) is 0 Å². The molecule has 0 fully saturated rings.